The maximum Gasteiger partial charge on any atom is 0.403 e. The van der Waals surface area contributed by atoms with Crippen LogP contribution in [0.25, 0.3) is 0 Å². The molecule has 0 bridgehead atoms. The Morgan fingerprint density at radius 3 is 2.51 bits per heavy atom. The van der Waals surface area contributed by atoms with E-state index in [-0.39, 0.29) is 53.9 Å². The normalized spacial score (nSPS) is 25.5. The number of hydrogen-bond donors (Lipinski definition) is 0. The molecule has 0 N–H and O–H groups in total. The molecule has 8 nitrogen and oxygen atoms in total. The molecule has 1 amide bonds. The van der Waals surface area contributed by atoms with Crippen LogP contribution in [-0.4, -0.2) is 66.7 Å². The summed E-state index contributed by atoms with van der Waals surface area (Å²) >= 11 is 0. The lowest BCUT2D eigenvalue weighted by atomic mass is 10.0. The lowest BCUT2D eigenvalue weighted by molar-refractivity contribution is -0.166. The van der Waals surface area contributed by atoms with Gasteiger partial charge in [0.05, 0.1) is 15.9 Å². The third kappa shape index (κ3) is 4.39. The monoisotopic (exact) mass is 567 g/mol. The van der Waals surface area contributed by atoms with Crippen LogP contribution >= 0.6 is 9.24 Å². The molecule has 1 aliphatic heterocycles. The van der Waals surface area contributed by atoms with Crippen LogP contribution < -0.4 is 4.74 Å². The number of carbonyl (C=O) groups is 1. The predicted octanol–water partition coefficient (Wildman–Crippen LogP) is 3.72. The van der Waals surface area contributed by atoms with Gasteiger partial charge in [0.1, 0.15) is 11.2 Å². The second-order valence-corrected chi connectivity index (χ2v) is 12.9. The summed E-state index contributed by atoms with van der Waals surface area (Å²) in [7, 11) is -2.38. The zero-order valence-corrected chi connectivity index (χ0v) is 21.7. The Balaban J connectivity index is 1.41. The van der Waals surface area contributed by atoms with Gasteiger partial charge in [-0.3, -0.25) is 4.79 Å². The fraction of sp³-hybridized carbons (Fsp3) is 0.591. The van der Waals surface area contributed by atoms with E-state index in [1.165, 1.54) is 14.1 Å². The number of hydrogen-bond acceptors (Lipinski definition) is 7. The van der Waals surface area contributed by atoms with Crippen LogP contribution in [-0.2, 0) is 20.7 Å². The topological polar surface area (TPSA) is 103 Å². The van der Waals surface area contributed by atoms with Gasteiger partial charge in [0, 0.05) is 19.3 Å². The van der Waals surface area contributed by atoms with Crippen molar-refractivity contribution < 1.29 is 44.4 Å². The second-order valence-electron chi connectivity index (χ2n) is 10.1. The van der Waals surface area contributed by atoms with Gasteiger partial charge in [0.25, 0.3) is 11.6 Å². The van der Waals surface area contributed by atoms with Gasteiger partial charge in [-0.2, -0.15) is 26.9 Å². The highest BCUT2D eigenvalue weighted by molar-refractivity contribution is 7.90. The van der Waals surface area contributed by atoms with Crippen LogP contribution in [0.4, 0.5) is 22.0 Å². The van der Waals surface area contributed by atoms with Gasteiger partial charge >= 0.3 is 6.18 Å². The molecule has 1 aromatic carbocycles. The fourth-order valence-corrected chi connectivity index (χ4v) is 5.51. The molecule has 2 saturated carbocycles. The number of nitrogens with zero attached hydrogens (tertiary/aromatic N) is 3. The van der Waals surface area contributed by atoms with Gasteiger partial charge in [-0.1, -0.05) is 14.4 Å². The Labute approximate surface area is 211 Å². The van der Waals surface area contributed by atoms with E-state index in [4.69, 9.17) is 9.26 Å². The van der Waals surface area contributed by atoms with Gasteiger partial charge in [-0.05, 0) is 50.3 Å². The molecular weight excluding hydrogens is 544 g/mol. The van der Waals surface area contributed by atoms with Crippen LogP contribution in [0.5, 0.6) is 5.75 Å². The van der Waals surface area contributed by atoms with Crippen LogP contribution in [0.2, 0.25) is 0 Å². The van der Waals surface area contributed by atoms with Crippen molar-refractivity contribution in [2.24, 2.45) is 5.92 Å². The highest BCUT2D eigenvalue weighted by Crippen LogP contribution is 2.61. The molecule has 5 rings (SSSR count). The van der Waals surface area contributed by atoms with Gasteiger partial charge < -0.3 is 14.2 Å². The predicted molar refractivity (Wildman–Crippen MR) is 121 cm³/mol. The molecule has 0 spiro atoms. The molecule has 4 atom stereocenters. The third-order valence-electron chi connectivity index (χ3n) is 7.46. The minimum absolute atomic E-state index is 0.0480. The summed E-state index contributed by atoms with van der Waals surface area (Å²) in [5.74, 6) is -1.41. The smallest absolute Gasteiger partial charge is 0.403 e. The number of piperidine rings is 1. The molecule has 2 aliphatic carbocycles. The van der Waals surface area contributed by atoms with Crippen LogP contribution in [0.1, 0.15) is 48.3 Å². The standard InChI is InChI=1S/C22H23F5N3O5PS/c1-11(21(23,24)36)34-15-4-3-13(37(2,32)33)7-14(15)16(31)30-9-12-8-19(12,10-30)17-28-18(35-29-17)20(5-6-20)22(25,26)27/h3-4,7,11-12H,5-6,8-10,36H2,1-2H3. The quantitative estimate of drug-likeness (QED) is 0.371. The van der Waals surface area contributed by atoms with Gasteiger partial charge in [-0.15, -0.1) is 0 Å². The zero-order valence-electron chi connectivity index (χ0n) is 19.7. The average Bonchev–Trinajstić information content (AvgIpc) is 3.63. The lowest BCUT2D eigenvalue weighted by Crippen LogP contribution is -2.35. The molecule has 3 fully saturated rings. The number of sulfone groups is 1. The third-order valence-corrected chi connectivity index (χ3v) is 9.04. The van der Waals surface area contributed by atoms with Crippen molar-refractivity contribution in [2.45, 2.75) is 59.9 Å². The number of ether oxygens (including phenoxy) is 1. The molecule has 2 heterocycles. The van der Waals surface area contributed by atoms with E-state index >= 15 is 0 Å². The van der Waals surface area contributed by atoms with E-state index in [9.17, 15) is 35.2 Å². The molecule has 4 unspecified atom stereocenters. The summed E-state index contributed by atoms with van der Waals surface area (Å²) in [5, 5.41) is 3.81. The molecule has 2 aromatic rings. The SMILES string of the molecule is CC(Oc1ccc(S(C)(=O)=O)cc1C(=O)N1CC2CC2(c2noc(C3(C(F)(F)F)CC3)n2)C1)C(F)(F)P. The molecule has 1 saturated heterocycles. The summed E-state index contributed by atoms with van der Waals surface area (Å²) in [6.45, 7) is 1.35. The van der Waals surface area contributed by atoms with Crippen molar-refractivity contribution in [1.29, 1.82) is 0 Å². The number of likely N-dealkylation sites (tertiary alicyclic amines) is 1. The van der Waals surface area contributed by atoms with Crippen molar-refractivity contribution in [2.75, 3.05) is 19.3 Å². The molecule has 15 heteroatoms. The van der Waals surface area contributed by atoms with E-state index in [1.807, 2.05) is 0 Å². The fourth-order valence-electron chi connectivity index (χ4n) is 4.80. The van der Waals surface area contributed by atoms with Crippen molar-refractivity contribution in [3.63, 3.8) is 0 Å². The Morgan fingerprint density at radius 2 is 1.95 bits per heavy atom. The summed E-state index contributed by atoms with van der Waals surface area (Å²) in [4.78, 5) is 18.7. The molecule has 0 radical (unpaired) electrons. The first kappa shape index (κ1) is 26.3. The van der Waals surface area contributed by atoms with Crippen molar-refractivity contribution in [1.82, 2.24) is 15.0 Å². The summed E-state index contributed by atoms with van der Waals surface area (Å²) in [6, 6.07) is 3.39. The number of carbonyl (C=O) groups excluding carboxylic acids is 1. The summed E-state index contributed by atoms with van der Waals surface area (Å²) in [5.41, 5.74) is -6.44. The molecule has 202 valence electrons. The van der Waals surface area contributed by atoms with Crippen LogP contribution in [0, 0.1) is 5.92 Å². The zero-order chi connectivity index (χ0) is 27.2. The Hall–Kier alpha value is -2.34. The highest BCUT2D eigenvalue weighted by atomic mass is 32.2. The summed E-state index contributed by atoms with van der Waals surface area (Å²) < 4.78 is 102. The van der Waals surface area contributed by atoms with Crippen LogP contribution in [0.3, 0.4) is 0 Å². The molecule has 37 heavy (non-hydrogen) atoms. The van der Waals surface area contributed by atoms with Gasteiger partial charge in [0.2, 0.25) is 5.89 Å². The maximum absolute atomic E-state index is 13.7. The van der Waals surface area contributed by atoms with E-state index in [0.29, 0.717) is 6.42 Å². The van der Waals surface area contributed by atoms with Crippen molar-refractivity contribution in [3.05, 3.63) is 35.5 Å². The maximum atomic E-state index is 13.7. The van der Waals surface area contributed by atoms with E-state index in [0.717, 1.165) is 31.4 Å². The first-order valence-electron chi connectivity index (χ1n) is 11.4. The number of amides is 1. The number of fused-ring (bicyclic) bond motifs is 1. The second kappa shape index (κ2) is 8.08. The molecular formula is C22H23F5N3O5PS. The van der Waals surface area contributed by atoms with Crippen molar-refractivity contribution in [3.8, 4) is 5.75 Å². The lowest BCUT2D eigenvalue weighted by Gasteiger charge is -2.25. The first-order valence-corrected chi connectivity index (χ1v) is 13.8. The first-order chi connectivity index (χ1) is 17.0. The van der Waals surface area contributed by atoms with Crippen molar-refractivity contribution >= 4 is 25.0 Å². The highest BCUT2D eigenvalue weighted by Gasteiger charge is 2.70. The van der Waals surface area contributed by atoms with E-state index < -0.39 is 50.4 Å². The number of alkyl halides is 5. The van der Waals surface area contributed by atoms with Crippen LogP contribution in [0.15, 0.2) is 27.6 Å². The molecule has 1 aromatic heterocycles. The minimum atomic E-state index is -4.51. The van der Waals surface area contributed by atoms with Gasteiger partial charge in [0.15, 0.2) is 21.8 Å². The van der Waals surface area contributed by atoms with Gasteiger partial charge in [-0.25, -0.2) is 8.42 Å². The Morgan fingerprint density at radius 1 is 1.27 bits per heavy atom. The largest absolute Gasteiger partial charge is 0.483 e. The summed E-state index contributed by atoms with van der Waals surface area (Å²) in [6.07, 6.45) is -4.94. The number of rotatable bonds is 7. The van der Waals surface area contributed by atoms with E-state index in [1.54, 1.807) is 0 Å². The number of halogens is 5. The Bertz CT molecular complexity index is 1370. The Kier molecular flexibility index (Phi) is 5.74. The minimum Gasteiger partial charge on any atom is -0.483 e. The average molecular weight is 567 g/mol. The number of benzene rings is 1. The molecule has 3 aliphatic rings. The van der Waals surface area contributed by atoms with E-state index in [2.05, 4.69) is 10.1 Å². The number of aromatic nitrogens is 2.